The highest BCUT2D eigenvalue weighted by Gasteiger charge is 2.55. The first-order valence-corrected chi connectivity index (χ1v) is 50.5. The minimum absolute atomic E-state index is 0.0743. The molecule has 20 nitrogen and oxygen atoms in total. The number of benzene rings is 6. The highest BCUT2D eigenvalue weighted by Crippen LogP contribution is 2.45. The Morgan fingerprint density at radius 1 is 0.500 bits per heavy atom. The molecule has 668 valence electrons. The van der Waals surface area contributed by atoms with Crippen LogP contribution in [0.15, 0.2) is 181 Å². The number of carbonyl (C=O) groups is 5. The monoisotopic (exact) mass is 1880 g/mol. The van der Waals surface area contributed by atoms with Crippen LogP contribution in [-0.4, -0.2) is 163 Å². The number of hydrogen-bond acceptors (Lipinski definition) is 18. The van der Waals surface area contributed by atoms with Gasteiger partial charge in [-0.1, -0.05) is 118 Å². The first-order chi connectivity index (χ1) is 55.5. The molecule has 0 aromatic heterocycles. The summed E-state index contributed by atoms with van der Waals surface area (Å²) >= 11 is 26.5. The molecular weight excluding hydrogens is 1770 g/mol. The number of nitrogens with one attached hydrogen (secondary N) is 3. The maximum atomic E-state index is 12.9. The van der Waals surface area contributed by atoms with E-state index in [1.54, 1.807) is 30.6 Å². The third-order valence-corrected chi connectivity index (χ3v) is 35.7. The van der Waals surface area contributed by atoms with Crippen LogP contribution in [0.1, 0.15) is 186 Å². The normalized spacial score (nSPS) is 14.4. The molecule has 0 saturated heterocycles. The van der Waals surface area contributed by atoms with Crippen molar-refractivity contribution in [2.24, 2.45) is 11.3 Å². The van der Waals surface area contributed by atoms with E-state index >= 15 is 0 Å². The molecule has 2 aliphatic carbocycles. The van der Waals surface area contributed by atoms with Gasteiger partial charge in [-0.15, -0.1) is 11.8 Å². The number of sulfone groups is 5. The van der Waals surface area contributed by atoms with Crippen molar-refractivity contribution in [1.82, 2.24) is 20.9 Å². The van der Waals surface area contributed by atoms with Gasteiger partial charge in [-0.2, -0.15) is 24.9 Å². The zero-order valence-corrected chi connectivity index (χ0v) is 79.7. The van der Waals surface area contributed by atoms with Crippen LogP contribution in [0.3, 0.4) is 0 Å². The van der Waals surface area contributed by atoms with Gasteiger partial charge in [-0.05, 0) is 277 Å². The van der Waals surface area contributed by atoms with Crippen molar-refractivity contribution < 1.29 is 84.0 Å². The summed E-state index contributed by atoms with van der Waals surface area (Å²) in [6.45, 7) is 25.8. The average molecular weight is 1890 g/mol. The van der Waals surface area contributed by atoms with Gasteiger partial charge in [0.25, 0.3) is 0 Å². The fraction of sp³-hybridized carbons (Fsp3) is 0.523. The van der Waals surface area contributed by atoms with Gasteiger partial charge in [0.15, 0.2) is 55.0 Å². The second kappa shape index (κ2) is 46.4. The number of ether oxygens (including phenoxy) is 1. The second-order valence-electron chi connectivity index (χ2n) is 32.5. The quantitative estimate of drug-likeness (QED) is 0.0196. The predicted molar refractivity (Wildman–Crippen MR) is 478 cm³/mol. The van der Waals surface area contributed by atoms with Gasteiger partial charge in [0.2, 0.25) is 23.6 Å². The maximum absolute atomic E-state index is 12.9. The molecule has 0 radical (unpaired) electrons. The zero-order valence-electron chi connectivity index (χ0n) is 70.9. The Morgan fingerprint density at radius 2 is 0.883 bits per heavy atom. The molecule has 0 bridgehead atoms. The van der Waals surface area contributed by atoms with E-state index in [1.807, 2.05) is 51.1 Å². The largest absolute Gasteiger partial charge is 0.416 e. The molecular formula is C86H117Cl4F3N4O16S7. The summed E-state index contributed by atoms with van der Waals surface area (Å²) in [7, 11) is -17.6. The minimum atomic E-state index is -4.52. The molecule has 3 N–H and O–H groups in total. The Morgan fingerprint density at radius 3 is 1.25 bits per heavy atom. The van der Waals surface area contributed by atoms with Crippen molar-refractivity contribution in [1.29, 1.82) is 0 Å². The first kappa shape index (κ1) is 107. The minimum Gasteiger partial charge on any atom is -0.379 e. The van der Waals surface area contributed by atoms with Crippen LogP contribution in [0, 0.1) is 11.3 Å². The number of alkyl halides is 3. The molecule has 0 spiro atoms. The van der Waals surface area contributed by atoms with E-state index in [-0.39, 0.29) is 61.0 Å². The predicted octanol–water partition coefficient (Wildman–Crippen LogP) is 18.9. The number of nitrogens with zero attached hydrogens (tertiary/aromatic N) is 1. The molecule has 120 heavy (non-hydrogen) atoms. The summed E-state index contributed by atoms with van der Waals surface area (Å²) in [5.74, 6) is 0.651. The van der Waals surface area contributed by atoms with Crippen LogP contribution < -0.4 is 16.0 Å². The van der Waals surface area contributed by atoms with Gasteiger partial charge in [-0.25, -0.2) is 42.1 Å². The lowest BCUT2D eigenvalue weighted by molar-refractivity contribution is -0.137. The van der Waals surface area contributed by atoms with Crippen molar-refractivity contribution in [3.8, 4) is 0 Å². The van der Waals surface area contributed by atoms with Crippen molar-refractivity contribution >= 4 is 149 Å². The first-order valence-electron chi connectivity index (χ1n) is 39.5. The van der Waals surface area contributed by atoms with Crippen LogP contribution in [0.5, 0.6) is 0 Å². The van der Waals surface area contributed by atoms with Gasteiger partial charge >= 0.3 is 6.18 Å². The summed E-state index contributed by atoms with van der Waals surface area (Å²) in [4.78, 5) is 65.3. The van der Waals surface area contributed by atoms with E-state index in [2.05, 4.69) is 36.7 Å². The third kappa shape index (κ3) is 29.7. The molecule has 2 saturated carbocycles. The summed E-state index contributed by atoms with van der Waals surface area (Å²) in [6.07, 6.45) is 6.01. The lowest BCUT2D eigenvalue weighted by Gasteiger charge is -2.39. The number of carbonyl (C=O) groups excluding carboxylic acids is 5. The van der Waals surface area contributed by atoms with Crippen LogP contribution in [0.2, 0.25) is 20.1 Å². The van der Waals surface area contributed by atoms with Gasteiger partial charge in [0.1, 0.15) is 23.7 Å². The molecule has 0 aliphatic heterocycles. The van der Waals surface area contributed by atoms with Gasteiger partial charge in [0.05, 0.1) is 36.1 Å². The lowest BCUT2D eigenvalue weighted by atomic mass is 9.79. The van der Waals surface area contributed by atoms with Crippen LogP contribution in [0.25, 0.3) is 0 Å². The molecule has 0 heterocycles. The van der Waals surface area contributed by atoms with Gasteiger partial charge in [0, 0.05) is 77.0 Å². The molecule has 6 aromatic rings. The zero-order chi connectivity index (χ0) is 90.7. The molecule has 0 atom stereocenters. The Balaban J connectivity index is 0.000000316. The summed E-state index contributed by atoms with van der Waals surface area (Å²) in [6, 6.07) is 36.7. The van der Waals surface area contributed by atoms with Crippen molar-refractivity contribution in [3.63, 3.8) is 0 Å². The number of halogens is 7. The van der Waals surface area contributed by atoms with E-state index in [4.69, 9.17) is 51.1 Å². The fourth-order valence-electron chi connectivity index (χ4n) is 12.0. The number of Topliss-reactive ketones (excluding diaryl/α,β-unsaturated/α-hetero) is 1. The standard InChI is InChI=1S/C19H22ClNO3S2.C18H26ClNO3S.C17H21F3O3S2.C16H24ClNO4S.C16H24ClNO3S/c1-19(2,26(23,24)17-11-9-15(20)10-12-17)18(22)21(3)13-14-25-16-7-5-4-6-8-16;1-18(2,24(22,23)16-11-9-15(19)10-12-16)17(21)20-13-14-7-5-3-4-6-8-14;1-2-24-12-3-5-15(21)16(10-4-11-16)25(22,23)14-8-6-13(7-9-14)17(18,19)20;1-12(2)22-11-5-10-18-15(19)16(3,4)23(20,21)14-8-6-13(17)7-9-14;1-15(2,3)10-11-18-14(19)16(4,5)22(20,21)13-8-6-12(17)7-9-13/h4-12H,13-14H2,1-3H3;9-12,14H,3-8,13H2,1-2H3,(H,20,21);6-9H,2-5,10-12H2,1H3;6-9,12H,5,10-11H2,1-4H3,(H,18,19);6-9H,10-11H2,1-5H3,(H,18,19). The SMILES string of the molecule is CC(C)(C(=O)NCC1CCCCCC1)S(=O)(=O)c1ccc(Cl)cc1.CC(C)(C)CCNC(=O)C(C)(C)S(=O)(=O)c1ccc(Cl)cc1.CC(C)OCCCNC(=O)C(C)(C)S(=O)(=O)c1ccc(Cl)cc1.CCSCCCC(=O)C1(S(=O)(=O)c2ccc(C(F)(F)F)cc2)CCC1.CN(CCSc1ccccc1)C(=O)C(C)(C)S(=O)(=O)c1ccc(Cl)cc1. The van der Waals surface area contributed by atoms with E-state index in [0.717, 1.165) is 59.9 Å². The second-order valence-corrected chi connectivity index (χ2v) is 49.1. The van der Waals surface area contributed by atoms with Gasteiger partial charge in [-0.3, -0.25) is 24.0 Å². The van der Waals surface area contributed by atoms with E-state index < -0.39 is 108 Å². The molecule has 0 unspecified atom stereocenters. The summed E-state index contributed by atoms with van der Waals surface area (Å²) in [5.41, 5.74) is -0.830. The number of rotatable bonds is 33. The van der Waals surface area contributed by atoms with E-state index in [1.165, 1.54) is 183 Å². The Kier molecular flexibility index (Phi) is 41.2. The summed E-state index contributed by atoms with van der Waals surface area (Å²) in [5, 5.41) is 10.0. The van der Waals surface area contributed by atoms with Crippen molar-refractivity contribution in [2.75, 3.05) is 57.1 Å². The van der Waals surface area contributed by atoms with E-state index in [9.17, 15) is 79.2 Å². The number of ketones is 1. The number of amides is 4. The lowest BCUT2D eigenvalue weighted by Crippen LogP contribution is -2.52. The van der Waals surface area contributed by atoms with Crippen LogP contribution >= 0.6 is 69.9 Å². The van der Waals surface area contributed by atoms with Crippen LogP contribution in [-0.2, 0) is 84.1 Å². The van der Waals surface area contributed by atoms with Crippen molar-refractivity contribution in [3.05, 3.63) is 177 Å². The maximum Gasteiger partial charge on any atom is 0.416 e. The summed E-state index contributed by atoms with van der Waals surface area (Å²) < 4.78 is 164. The number of hydrogen-bond donors (Lipinski definition) is 3. The topological polar surface area (TPSA) is 305 Å². The fourth-order valence-corrected chi connectivity index (χ4v) is 22.0. The molecule has 2 fully saturated rings. The molecule has 8 rings (SSSR count). The van der Waals surface area contributed by atoms with Gasteiger partial charge < -0.3 is 25.6 Å². The molecule has 6 aromatic carbocycles. The smallest absolute Gasteiger partial charge is 0.379 e. The van der Waals surface area contributed by atoms with Crippen molar-refractivity contribution in [2.45, 2.75) is 246 Å². The Hall–Kier alpha value is -5.77. The van der Waals surface area contributed by atoms with E-state index in [0.29, 0.717) is 83.8 Å². The Bertz CT molecular complexity index is 4920. The highest BCUT2D eigenvalue weighted by atomic mass is 35.5. The third-order valence-electron chi connectivity index (χ3n) is 20.4. The molecule has 4 amide bonds. The van der Waals surface area contributed by atoms with Crippen LogP contribution in [0.4, 0.5) is 13.2 Å². The molecule has 2 aliphatic rings. The average Bonchev–Trinajstić information content (AvgIpc) is 0.733. The number of thioether (sulfide) groups is 2. The highest BCUT2D eigenvalue weighted by molar-refractivity contribution is 7.99. The molecule has 34 heteroatoms. The Labute approximate surface area is 738 Å².